The van der Waals surface area contributed by atoms with E-state index in [-0.39, 0.29) is 12.3 Å². The zero-order chi connectivity index (χ0) is 13.8. The lowest BCUT2D eigenvalue weighted by Gasteiger charge is -2.25. The van der Waals surface area contributed by atoms with Crippen LogP contribution in [0.15, 0.2) is 18.2 Å². The minimum Gasteiger partial charge on any atom is -0.392 e. The number of anilines is 1. The Morgan fingerprint density at radius 2 is 2.26 bits per heavy atom. The van der Waals surface area contributed by atoms with Gasteiger partial charge in [-0.25, -0.2) is 0 Å². The number of hydrogen-bond donors (Lipinski definition) is 1. The summed E-state index contributed by atoms with van der Waals surface area (Å²) in [6.45, 7) is 0.346. The third-order valence-corrected chi connectivity index (χ3v) is 3.21. The first-order chi connectivity index (χ1) is 9.17. The first-order valence-corrected chi connectivity index (χ1v) is 6.19. The largest absolute Gasteiger partial charge is 0.392 e. The second kappa shape index (κ2) is 5.67. The van der Waals surface area contributed by atoms with E-state index in [1.807, 2.05) is 0 Å². The van der Waals surface area contributed by atoms with Gasteiger partial charge in [0.15, 0.2) is 0 Å². The van der Waals surface area contributed by atoms with Gasteiger partial charge in [0.25, 0.3) is 5.69 Å². The quantitative estimate of drug-likeness (QED) is 0.624. The molecule has 0 aliphatic heterocycles. The van der Waals surface area contributed by atoms with Crippen molar-refractivity contribution < 1.29 is 10.0 Å². The fourth-order valence-corrected chi connectivity index (χ4v) is 2.15. The number of aliphatic hydroxyl groups is 1. The summed E-state index contributed by atoms with van der Waals surface area (Å²) in [5.41, 5.74) is 1.31. The molecule has 1 aliphatic carbocycles. The molecule has 0 heterocycles. The molecule has 0 spiro atoms. The number of non-ortho nitro benzene ring substituents is 1. The van der Waals surface area contributed by atoms with Gasteiger partial charge < -0.3 is 10.0 Å². The number of aliphatic hydroxyl groups excluding tert-OH is 1. The number of nitro groups is 1. The molecule has 0 atom stereocenters. The average Bonchev–Trinajstić information content (AvgIpc) is 3.23. The van der Waals surface area contributed by atoms with Crippen LogP contribution in [0.5, 0.6) is 0 Å². The molecule has 0 unspecified atom stereocenters. The molecule has 19 heavy (non-hydrogen) atoms. The maximum Gasteiger partial charge on any atom is 0.269 e. The van der Waals surface area contributed by atoms with E-state index in [1.165, 1.54) is 12.1 Å². The molecule has 1 saturated carbocycles. The standard InChI is InChI=1S/C13H15N3O3/c14-6-1-7-15(11-2-3-11)13-5-4-12(16(18)19)8-10(13)9-17/h4-5,8,11,17H,1-3,7,9H2. The predicted octanol–water partition coefficient (Wildman–Crippen LogP) is 1.97. The maximum absolute atomic E-state index is 10.7. The van der Waals surface area contributed by atoms with E-state index in [0.717, 1.165) is 18.5 Å². The molecule has 2 rings (SSSR count). The molecule has 1 fully saturated rings. The minimum atomic E-state index is -0.473. The van der Waals surface area contributed by atoms with Gasteiger partial charge >= 0.3 is 0 Å². The normalized spacial score (nSPS) is 13.9. The number of benzene rings is 1. The molecule has 1 aliphatic rings. The molecule has 100 valence electrons. The van der Waals surface area contributed by atoms with Crippen molar-refractivity contribution in [2.45, 2.75) is 31.9 Å². The van der Waals surface area contributed by atoms with Crippen LogP contribution in [0, 0.1) is 21.4 Å². The molecule has 1 aromatic carbocycles. The number of nitrogens with zero attached hydrogens (tertiary/aromatic N) is 3. The molecular weight excluding hydrogens is 246 g/mol. The third-order valence-electron chi connectivity index (χ3n) is 3.21. The van der Waals surface area contributed by atoms with Gasteiger partial charge in [-0.3, -0.25) is 10.1 Å². The second-order valence-electron chi connectivity index (χ2n) is 4.56. The highest BCUT2D eigenvalue weighted by molar-refractivity contribution is 5.59. The van der Waals surface area contributed by atoms with E-state index in [1.54, 1.807) is 6.07 Å². The first kappa shape index (κ1) is 13.3. The zero-order valence-corrected chi connectivity index (χ0v) is 10.5. The molecule has 1 N–H and O–H groups in total. The molecule has 0 aromatic heterocycles. The van der Waals surface area contributed by atoms with Crippen LogP contribution < -0.4 is 4.90 Å². The van der Waals surface area contributed by atoms with Crippen LogP contribution >= 0.6 is 0 Å². The van der Waals surface area contributed by atoms with Crippen molar-refractivity contribution in [1.82, 2.24) is 0 Å². The van der Waals surface area contributed by atoms with Gasteiger partial charge in [-0.1, -0.05) is 0 Å². The molecule has 0 saturated heterocycles. The number of nitro benzene ring substituents is 1. The molecule has 0 bridgehead atoms. The van der Waals surface area contributed by atoms with E-state index in [4.69, 9.17) is 5.26 Å². The molecule has 0 amide bonds. The summed E-state index contributed by atoms with van der Waals surface area (Å²) in [5.74, 6) is 0. The highest BCUT2D eigenvalue weighted by Crippen LogP contribution is 2.35. The third kappa shape index (κ3) is 3.01. The summed E-state index contributed by atoms with van der Waals surface area (Å²) < 4.78 is 0. The average molecular weight is 261 g/mol. The van der Waals surface area contributed by atoms with E-state index < -0.39 is 4.92 Å². The van der Waals surface area contributed by atoms with Crippen LogP contribution in [0.1, 0.15) is 24.8 Å². The van der Waals surface area contributed by atoms with E-state index in [2.05, 4.69) is 11.0 Å². The van der Waals surface area contributed by atoms with Crippen LogP contribution in [-0.2, 0) is 6.61 Å². The lowest BCUT2D eigenvalue weighted by molar-refractivity contribution is -0.384. The van der Waals surface area contributed by atoms with Crippen molar-refractivity contribution in [3.8, 4) is 6.07 Å². The van der Waals surface area contributed by atoms with Gasteiger partial charge in [-0.05, 0) is 18.9 Å². The Morgan fingerprint density at radius 3 is 2.79 bits per heavy atom. The van der Waals surface area contributed by atoms with Gasteiger partial charge in [-0.2, -0.15) is 5.26 Å². The topological polar surface area (TPSA) is 90.4 Å². The summed E-state index contributed by atoms with van der Waals surface area (Å²) in [5, 5.41) is 28.8. The van der Waals surface area contributed by atoms with Gasteiger partial charge in [0, 0.05) is 36.0 Å². The molecule has 0 radical (unpaired) electrons. The molecule has 6 heteroatoms. The van der Waals surface area contributed by atoms with Crippen molar-refractivity contribution in [2.24, 2.45) is 0 Å². The fourth-order valence-electron chi connectivity index (χ4n) is 2.15. The van der Waals surface area contributed by atoms with Crippen LogP contribution in [0.4, 0.5) is 11.4 Å². The van der Waals surface area contributed by atoms with Gasteiger partial charge in [0.1, 0.15) is 0 Å². The SMILES string of the molecule is N#CCCN(c1ccc([N+](=O)[O-])cc1CO)C1CC1. The predicted molar refractivity (Wildman–Crippen MR) is 69.6 cm³/mol. The van der Waals surface area contributed by atoms with Crippen molar-refractivity contribution >= 4 is 11.4 Å². The van der Waals surface area contributed by atoms with E-state index >= 15 is 0 Å². The number of rotatable bonds is 6. The van der Waals surface area contributed by atoms with Crippen molar-refractivity contribution in [3.05, 3.63) is 33.9 Å². The van der Waals surface area contributed by atoms with Crippen LogP contribution in [0.25, 0.3) is 0 Å². The van der Waals surface area contributed by atoms with Crippen molar-refractivity contribution in [2.75, 3.05) is 11.4 Å². The smallest absolute Gasteiger partial charge is 0.269 e. The van der Waals surface area contributed by atoms with Crippen LogP contribution in [0.3, 0.4) is 0 Å². The Labute approximate surface area is 111 Å². The zero-order valence-electron chi connectivity index (χ0n) is 10.5. The van der Waals surface area contributed by atoms with E-state index in [0.29, 0.717) is 24.6 Å². The van der Waals surface area contributed by atoms with Gasteiger partial charge in [0.05, 0.1) is 24.0 Å². The first-order valence-electron chi connectivity index (χ1n) is 6.19. The molecular formula is C13H15N3O3. The molecule has 1 aromatic rings. The van der Waals surface area contributed by atoms with Gasteiger partial charge in [-0.15, -0.1) is 0 Å². The lowest BCUT2D eigenvalue weighted by atomic mass is 10.1. The summed E-state index contributed by atoms with van der Waals surface area (Å²) >= 11 is 0. The summed E-state index contributed by atoms with van der Waals surface area (Å²) in [6, 6.07) is 7.00. The highest BCUT2D eigenvalue weighted by Gasteiger charge is 2.30. The summed E-state index contributed by atoms with van der Waals surface area (Å²) in [6.07, 6.45) is 2.53. The van der Waals surface area contributed by atoms with Crippen LogP contribution in [0.2, 0.25) is 0 Å². The Bertz CT molecular complexity index is 520. The lowest BCUT2D eigenvalue weighted by Crippen LogP contribution is -2.27. The summed E-state index contributed by atoms with van der Waals surface area (Å²) in [4.78, 5) is 12.3. The Balaban J connectivity index is 2.30. The second-order valence-corrected chi connectivity index (χ2v) is 4.56. The highest BCUT2D eigenvalue weighted by atomic mass is 16.6. The molecule has 6 nitrogen and oxygen atoms in total. The van der Waals surface area contributed by atoms with Crippen molar-refractivity contribution in [1.29, 1.82) is 5.26 Å². The minimum absolute atomic E-state index is 0.0242. The van der Waals surface area contributed by atoms with Gasteiger partial charge in [0.2, 0.25) is 0 Å². The summed E-state index contributed by atoms with van der Waals surface area (Å²) in [7, 11) is 0. The number of hydrogen-bond acceptors (Lipinski definition) is 5. The Kier molecular flexibility index (Phi) is 3.97. The van der Waals surface area contributed by atoms with Crippen molar-refractivity contribution in [3.63, 3.8) is 0 Å². The Morgan fingerprint density at radius 1 is 1.53 bits per heavy atom. The fraction of sp³-hybridized carbons (Fsp3) is 0.462. The van der Waals surface area contributed by atoms with Crippen LogP contribution in [-0.4, -0.2) is 22.6 Å². The van der Waals surface area contributed by atoms with E-state index in [9.17, 15) is 15.2 Å². The number of nitriles is 1. The Hall–Kier alpha value is -2.13. The monoisotopic (exact) mass is 261 g/mol. The maximum atomic E-state index is 10.7.